The Kier molecular flexibility index (Phi) is 4.34. The Morgan fingerprint density at radius 3 is 2.27 bits per heavy atom. The van der Waals surface area contributed by atoms with Crippen LogP contribution in [0.5, 0.6) is 0 Å². The quantitative estimate of drug-likeness (QED) is 0.794. The molecule has 1 heteroatoms. The van der Waals surface area contributed by atoms with Gasteiger partial charge in [0, 0.05) is 12.6 Å². The first-order valence-corrected chi connectivity index (χ1v) is 5.81. The SMILES string of the molecule is Cc1ccc(C(C)CNC(C)C)cc1C. The van der Waals surface area contributed by atoms with Gasteiger partial charge in [0.1, 0.15) is 0 Å². The lowest BCUT2D eigenvalue weighted by Crippen LogP contribution is -2.26. The van der Waals surface area contributed by atoms with Crippen molar-refractivity contribution in [3.8, 4) is 0 Å². The van der Waals surface area contributed by atoms with Crippen LogP contribution in [0.25, 0.3) is 0 Å². The summed E-state index contributed by atoms with van der Waals surface area (Å²) in [6.45, 7) is 12.1. The fourth-order valence-corrected chi connectivity index (χ4v) is 1.60. The second-order valence-electron chi connectivity index (χ2n) is 4.81. The first-order chi connectivity index (χ1) is 7.00. The van der Waals surface area contributed by atoms with Gasteiger partial charge >= 0.3 is 0 Å². The molecule has 1 rings (SSSR count). The first-order valence-electron chi connectivity index (χ1n) is 5.81. The molecular weight excluding hydrogens is 182 g/mol. The normalized spacial score (nSPS) is 13.2. The van der Waals surface area contributed by atoms with Crippen molar-refractivity contribution in [1.29, 1.82) is 0 Å². The van der Waals surface area contributed by atoms with E-state index >= 15 is 0 Å². The Balaban J connectivity index is 2.65. The van der Waals surface area contributed by atoms with Crippen molar-refractivity contribution in [2.24, 2.45) is 0 Å². The zero-order valence-corrected chi connectivity index (χ0v) is 10.6. The van der Waals surface area contributed by atoms with Gasteiger partial charge in [-0.25, -0.2) is 0 Å². The maximum Gasteiger partial charge on any atom is 0.00198 e. The van der Waals surface area contributed by atoms with Crippen LogP contribution >= 0.6 is 0 Å². The van der Waals surface area contributed by atoms with Gasteiger partial charge in [0.25, 0.3) is 0 Å². The van der Waals surface area contributed by atoms with Crippen LogP contribution in [-0.2, 0) is 0 Å². The fourth-order valence-electron chi connectivity index (χ4n) is 1.60. The largest absolute Gasteiger partial charge is 0.314 e. The van der Waals surface area contributed by atoms with Crippen LogP contribution in [0, 0.1) is 13.8 Å². The van der Waals surface area contributed by atoms with Crippen LogP contribution < -0.4 is 5.32 Å². The molecule has 0 aliphatic heterocycles. The van der Waals surface area contributed by atoms with E-state index in [-0.39, 0.29) is 0 Å². The number of hydrogen-bond acceptors (Lipinski definition) is 1. The predicted molar refractivity (Wildman–Crippen MR) is 67.5 cm³/mol. The number of aryl methyl sites for hydroxylation is 2. The fraction of sp³-hybridized carbons (Fsp3) is 0.571. The Labute approximate surface area is 93.9 Å². The number of rotatable bonds is 4. The minimum Gasteiger partial charge on any atom is -0.314 e. The lowest BCUT2D eigenvalue weighted by atomic mass is 9.97. The Morgan fingerprint density at radius 1 is 1.07 bits per heavy atom. The summed E-state index contributed by atoms with van der Waals surface area (Å²) in [5.74, 6) is 0.590. The van der Waals surface area contributed by atoms with Gasteiger partial charge in [0.15, 0.2) is 0 Å². The molecule has 0 bridgehead atoms. The summed E-state index contributed by atoms with van der Waals surface area (Å²) in [7, 11) is 0. The van der Waals surface area contributed by atoms with Gasteiger partial charge in [-0.1, -0.05) is 39.0 Å². The average molecular weight is 205 g/mol. The average Bonchev–Trinajstić information content (AvgIpc) is 2.18. The molecule has 0 heterocycles. The lowest BCUT2D eigenvalue weighted by molar-refractivity contribution is 0.548. The van der Waals surface area contributed by atoms with E-state index < -0.39 is 0 Å². The van der Waals surface area contributed by atoms with Gasteiger partial charge in [0.2, 0.25) is 0 Å². The molecule has 0 aliphatic carbocycles. The summed E-state index contributed by atoms with van der Waals surface area (Å²) < 4.78 is 0. The summed E-state index contributed by atoms with van der Waals surface area (Å²) in [5.41, 5.74) is 4.21. The molecule has 1 unspecified atom stereocenters. The Hall–Kier alpha value is -0.820. The molecule has 1 atom stereocenters. The Morgan fingerprint density at radius 2 is 1.73 bits per heavy atom. The molecule has 0 radical (unpaired) electrons. The molecule has 0 fully saturated rings. The molecule has 1 aromatic carbocycles. The minimum absolute atomic E-state index is 0.569. The highest BCUT2D eigenvalue weighted by Gasteiger charge is 2.06. The van der Waals surface area contributed by atoms with Crippen LogP contribution in [0.1, 0.15) is 43.4 Å². The van der Waals surface area contributed by atoms with Crippen LogP contribution in [-0.4, -0.2) is 12.6 Å². The predicted octanol–water partition coefficient (Wildman–Crippen LogP) is 3.40. The summed E-state index contributed by atoms with van der Waals surface area (Å²) in [6, 6.07) is 7.34. The van der Waals surface area contributed by atoms with Crippen LogP contribution in [0.2, 0.25) is 0 Å². The van der Waals surface area contributed by atoms with Gasteiger partial charge < -0.3 is 5.32 Å². The van der Waals surface area contributed by atoms with Crippen molar-refractivity contribution in [2.75, 3.05) is 6.54 Å². The van der Waals surface area contributed by atoms with Gasteiger partial charge in [0.05, 0.1) is 0 Å². The van der Waals surface area contributed by atoms with Crippen LogP contribution in [0.4, 0.5) is 0 Å². The van der Waals surface area contributed by atoms with E-state index in [4.69, 9.17) is 0 Å². The zero-order chi connectivity index (χ0) is 11.4. The van der Waals surface area contributed by atoms with Crippen molar-refractivity contribution in [1.82, 2.24) is 5.32 Å². The Bertz CT molecular complexity index is 315. The van der Waals surface area contributed by atoms with E-state index in [0.29, 0.717) is 12.0 Å². The second kappa shape index (κ2) is 5.32. The van der Waals surface area contributed by atoms with E-state index in [2.05, 4.69) is 58.1 Å². The molecule has 0 saturated heterocycles. The molecule has 1 aromatic rings. The molecule has 0 aromatic heterocycles. The van der Waals surface area contributed by atoms with E-state index in [1.165, 1.54) is 16.7 Å². The summed E-state index contributed by atoms with van der Waals surface area (Å²) in [4.78, 5) is 0. The summed E-state index contributed by atoms with van der Waals surface area (Å²) in [5, 5.41) is 3.48. The van der Waals surface area contributed by atoms with Gasteiger partial charge in [-0.15, -0.1) is 0 Å². The number of hydrogen-bond donors (Lipinski definition) is 1. The van der Waals surface area contributed by atoms with Crippen molar-refractivity contribution >= 4 is 0 Å². The second-order valence-corrected chi connectivity index (χ2v) is 4.81. The maximum absolute atomic E-state index is 3.48. The third kappa shape index (κ3) is 3.67. The molecule has 0 spiro atoms. The third-order valence-electron chi connectivity index (χ3n) is 2.93. The highest BCUT2D eigenvalue weighted by atomic mass is 14.9. The maximum atomic E-state index is 3.48. The summed E-state index contributed by atoms with van der Waals surface area (Å²) in [6.07, 6.45) is 0. The van der Waals surface area contributed by atoms with Crippen molar-refractivity contribution in [3.05, 3.63) is 34.9 Å². The molecule has 0 saturated carbocycles. The van der Waals surface area contributed by atoms with E-state index in [0.717, 1.165) is 6.54 Å². The first kappa shape index (κ1) is 12.3. The van der Waals surface area contributed by atoms with Crippen molar-refractivity contribution in [2.45, 2.75) is 46.6 Å². The van der Waals surface area contributed by atoms with E-state index in [1.54, 1.807) is 0 Å². The van der Waals surface area contributed by atoms with E-state index in [1.807, 2.05) is 0 Å². The topological polar surface area (TPSA) is 12.0 Å². The molecule has 15 heavy (non-hydrogen) atoms. The van der Waals surface area contributed by atoms with Gasteiger partial charge in [-0.3, -0.25) is 0 Å². The highest BCUT2D eigenvalue weighted by molar-refractivity contribution is 5.31. The number of nitrogens with one attached hydrogen (secondary N) is 1. The smallest absolute Gasteiger partial charge is 0.00198 e. The highest BCUT2D eigenvalue weighted by Crippen LogP contribution is 2.18. The molecule has 0 amide bonds. The molecule has 1 N–H and O–H groups in total. The third-order valence-corrected chi connectivity index (χ3v) is 2.93. The number of benzene rings is 1. The standard InChI is InChI=1S/C14H23N/c1-10(2)15-9-13(5)14-7-6-11(3)12(4)8-14/h6-8,10,13,15H,9H2,1-5H3. The van der Waals surface area contributed by atoms with Gasteiger partial charge in [-0.05, 0) is 36.5 Å². The monoisotopic (exact) mass is 205 g/mol. The van der Waals surface area contributed by atoms with Crippen LogP contribution in [0.3, 0.4) is 0 Å². The summed E-state index contributed by atoms with van der Waals surface area (Å²) >= 11 is 0. The molecule has 1 nitrogen and oxygen atoms in total. The molecule has 84 valence electrons. The zero-order valence-electron chi connectivity index (χ0n) is 10.6. The van der Waals surface area contributed by atoms with Crippen LogP contribution in [0.15, 0.2) is 18.2 Å². The van der Waals surface area contributed by atoms with Crippen molar-refractivity contribution in [3.63, 3.8) is 0 Å². The lowest BCUT2D eigenvalue weighted by Gasteiger charge is -2.16. The van der Waals surface area contributed by atoms with Crippen molar-refractivity contribution < 1.29 is 0 Å². The minimum atomic E-state index is 0.569. The molecule has 0 aliphatic rings. The van der Waals surface area contributed by atoms with E-state index in [9.17, 15) is 0 Å². The van der Waals surface area contributed by atoms with Gasteiger partial charge in [-0.2, -0.15) is 0 Å². The molecular formula is C14H23N.